The van der Waals surface area contributed by atoms with Crippen molar-refractivity contribution < 1.29 is 18.3 Å². The van der Waals surface area contributed by atoms with Crippen molar-refractivity contribution in [1.29, 1.82) is 0 Å². The van der Waals surface area contributed by atoms with Crippen molar-refractivity contribution in [1.82, 2.24) is 19.3 Å². The number of carbonyl (C=O) groups excluding carboxylic acids is 1. The molecule has 2 heterocycles. The van der Waals surface area contributed by atoms with E-state index in [0.29, 0.717) is 11.3 Å². The number of alkyl halides is 2. The highest BCUT2D eigenvalue weighted by Crippen LogP contribution is 2.18. The number of nitrogens with zero attached hydrogens (tertiary/aromatic N) is 4. The van der Waals surface area contributed by atoms with Crippen LogP contribution in [0.4, 0.5) is 14.5 Å². The van der Waals surface area contributed by atoms with Crippen LogP contribution < -0.4 is 15.6 Å². The minimum atomic E-state index is -2.93. The maximum Gasteiger partial charge on any atom is 0.387 e. The van der Waals surface area contributed by atoms with Crippen LogP contribution in [0.3, 0.4) is 0 Å². The summed E-state index contributed by atoms with van der Waals surface area (Å²) in [6, 6.07) is 11.4. The van der Waals surface area contributed by atoms with Crippen molar-refractivity contribution in [3.05, 3.63) is 76.5 Å². The summed E-state index contributed by atoms with van der Waals surface area (Å²) in [6.07, 6.45) is 2.73. The predicted molar refractivity (Wildman–Crippen MR) is 114 cm³/mol. The van der Waals surface area contributed by atoms with Crippen LogP contribution >= 0.6 is 0 Å². The number of aromatic nitrogens is 4. The highest BCUT2D eigenvalue weighted by atomic mass is 19.3. The molecule has 0 radical (unpaired) electrons. The zero-order chi connectivity index (χ0) is 22.8. The fourth-order valence-electron chi connectivity index (χ4n) is 3.40. The molecule has 0 bridgehead atoms. The molecule has 1 amide bonds. The maximum absolute atomic E-state index is 12.8. The Labute approximate surface area is 181 Å². The third kappa shape index (κ3) is 4.48. The van der Waals surface area contributed by atoms with E-state index >= 15 is 0 Å². The Bertz CT molecular complexity index is 1330. The molecular formula is C22H19F2N5O3. The van der Waals surface area contributed by atoms with E-state index in [4.69, 9.17) is 0 Å². The van der Waals surface area contributed by atoms with E-state index in [9.17, 15) is 18.4 Å². The van der Waals surface area contributed by atoms with Gasteiger partial charge in [-0.1, -0.05) is 6.07 Å². The molecule has 0 saturated heterocycles. The lowest BCUT2D eigenvalue weighted by molar-refractivity contribution is -0.116. The topological polar surface area (TPSA) is 91.0 Å². The van der Waals surface area contributed by atoms with Crippen LogP contribution in [0.15, 0.2) is 59.8 Å². The Balaban J connectivity index is 1.53. The molecule has 1 N–H and O–H groups in total. The number of carbonyl (C=O) groups is 1. The Morgan fingerprint density at radius 3 is 2.47 bits per heavy atom. The number of rotatable bonds is 6. The van der Waals surface area contributed by atoms with Gasteiger partial charge in [-0.2, -0.15) is 13.9 Å². The van der Waals surface area contributed by atoms with Gasteiger partial charge in [0, 0.05) is 5.69 Å². The van der Waals surface area contributed by atoms with E-state index in [1.807, 2.05) is 32.0 Å². The quantitative estimate of drug-likeness (QED) is 0.497. The van der Waals surface area contributed by atoms with E-state index in [1.54, 1.807) is 4.68 Å². The Morgan fingerprint density at radius 1 is 1.12 bits per heavy atom. The number of benzene rings is 2. The third-order valence-electron chi connectivity index (χ3n) is 4.68. The van der Waals surface area contributed by atoms with Crippen LogP contribution in [0.1, 0.15) is 11.1 Å². The zero-order valence-corrected chi connectivity index (χ0v) is 17.3. The Hall–Kier alpha value is -4.08. The first-order valence-electron chi connectivity index (χ1n) is 9.67. The first-order valence-corrected chi connectivity index (χ1v) is 9.67. The van der Waals surface area contributed by atoms with Gasteiger partial charge in [-0.15, -0.1) is 0 Å². The number of fused-ring (bicyclic) bond motifs is 1. The van der Waals surface area contributed by atoms with Crippen molar-refractivity contribution in [3.8, 4) is 11.4 Å². The van der Waals surface area contributed by atoms with Crippen LogP contribution in [-0.4, -0.2) is 31.9 Å². The molecule has 2 aromatic carbocycles. The number of anilines is 1. The largest absolute Gasteiger partial charge is 0.435 e. The number of amides is 1. The molecule has 8 nitrogen and oxygen atoms in total. The number of nitrogens with one attached hydrogen (secondary N) is 1. The molecular weight excluding hydrogens is 420 g/mol. The van der Waals surface area contributed by atoms with Gasteiger partial charge >= 0.3 is 6.61 Å². The Kier molecular flexibility index (Phi) is 5.67. The second-order valence-electron chi connectivity index (χ2n) is 7.27. The van der Waals surface area contributed by atoms with Crippen molar-refractivity contribution in [2.45, 2.75) is 27.0 Å². The molecule has 4 aromatic rings. The molecule has 0 aliphatic heterocycles. The smallest absolute Gasteiger partial charge is 0.387 e. The summed E-state index contributed by atoms with van der Waals surface area (Å²) in [5.41, 5.74) is 3.28. The predicted octanol–water partition coefficient (Wildman–Crippen LogP) is 3.44. The van der Waals surface area contributed by atoms with Gasteiger partial charge in [0.25, 0.3) is 5.56 Å². The summed E-state index contributed by atoms with van der Waals surface area (Å²) in [6.45, 7) is 0.747. The summed E-state index contributed by atoms with van der Waals surface area (Å²) in [5.74, 6) is -0.498. The second kappa shape index (κ2) is 8.58. The molecule has 0 spiro atoms. The van der Waals surface area contributed by atoms with Crippen molar-refractivity contribution in [2.24, 2.45) is 0 Å². The van der Waals surface area contributed by atoms with Gasteiger partial charge in [0.1, 0.15) is 24.0 Å². The fourth-order valence-corrected chi connectivity index (χ4v) is 3.40. The van der Waals surface area contributed by atoms with Crippen LogP contribution in [0.25, 0.3) is 16.7 Å². The van der Waals surface area contributed by atoms with Crippen molar-refractivity contribution >= 4 is 22.6 Å². The maximum atomic E-state index is 12.8. The molecule has 0 fully saturated rings. The average Bonchev–Trinajstić information content (AvgIpc) is 3.15. The van der Waals surface area contributed by atoms with Crippen LogP contribution in [0, 0.1) is 13.8 Å². The van der Waals surface area contributed by atoms with E-state index in [1.165, 1.54) is 41.4 Å². The number of aryl methyl sites for hydroxylation is 2. The summed E-state index contributed by atoms with van der Waals surface area (Å²) in [7, 11) is 0. The molecule has 32 heavy (non-hydrogen) atoms. The van der Waals surface area contributed by atoms with Gasteiger partial charge in [0.2, 0.25) is 5.91 Å². The van der Waals surface area contributed by atoms with Crippen molar-refractivity contribution in [2.75, 3.05) is 5.32 Å². The second-order valence-corrected chi connectivity index (χ2v) is 7.27. The molecule has 0 aliphatic carbocycles. The molecule has 2 aromatic heterocycles. The molecule has 0 unspecified atom stereocenters. The number of hydrogen-bond donors (Lipinski definition) is 1. The van der Waals surface area contributed by atoms with E-state index in [0.717, 1.165) is 16.8 Å². The van der Waals surface area contributed by atoms with Gasteiger partial charge in [-0.25, -0.2) is 9.67 Å². The van der Waals surface area contributed by atoms with Crippen LogP contribution in [0.5, 0.6) is 5.75 Å². The molecule has 10 heteroatoms. The summed E-state index contributed by atoms with van der Waals surface area (Å²) in [4.78, 5) is 29.5. The highest BCUT2D eigenvalue weighted by Gasteiger charge is 2.14. The van der Waals surface area contributed by atoms with Gasteiger partial charge in [-0.05, 0) is 61.4 Å². The Morgan fingerprint density at radius 2 is 1.81 bits per heavy atom. The number of hydrogen-bond acceptors (Lipinski definition) is 5. The van der Waals surface area contributed by atoms with E-state index in [2.05, 4.69) is 20.1 Å². The first kappa shape index (κ1) is 21.2. The third-order valence-corrected chi connectivity index (χ3v) is 4.68. The summed E-state index contributed by atoms with van der Waals surface area (Å²) in [5, 5.41) is 7.18. The first-order chi connectivity index (χ1) is 15.3. The van der Waals surface area contributed by atoms with Gasteiger partial charge < -0.3 is 10.1 Å². The monoisotopic (exact) mass is 439 g/mol. The minimum Gasteiger partial charge on any atom is -0.435 e. The molecule has 4 rings (SSSR count). The molecule has 0 atom stereocenters. The lowest BCUT2D eigenvalue weighted by Gasteiger charge is -2.09. The van der Waals surface area contributed by atoms with Crippen LogP contribution in [-0.2, 0) is 11.3 Å². The van der Waals surface area contributed by atoms with Gasteiger partial charge in [0.15, 0.2) is 5.65 Å². The minimum absolute atomic E-state index is 0.0234. The normalized spacial score (nSPS) is 11.2. The molecule has 0 saturated carbocycles. The SMILES string of the molecule is Cc1cc(C)cc(-n2ncc3c(=O)n(CC(=O)Nc4ccc(OC(F)F)cc4)cnc32)c1. The molecule has 0 aliphatic rings. The molecule has 164 valence electrons. The number of halogens is 2. The van der Waals surface area contributed by atoms with E-state index in [-0.39, 0.29) is 17.7 Å². The zero-order valence-electron chi connectivity index (χ0n) is 17.3. The van der Waals surface area contributed by atoms with Crippen molar-refractivity contribution in [3.63, 3.8) is 0 Å². The highest BCUT2D eigenvalue weighted by molar-refractivity contribution is 5.90. The lowest BCUT2D eigenvalue weighted by atomic mass is 10.1. The number of ether oxygens (including phenoxy) is 1. The van der Waals surface area contributed by atoms with Gasteiger partial charge in [0.05, 0.1) is 11.9 Å². The van der Waals surface area contributed by atoms with E-state index < -0.39 is 18.1 Å². The van der Waals surface area contributed by atoms with Crippen LogP contribution in [0.2, 0.25) is 0 Å². The standard InChI is InChI=1S/C22H19F2N5O3/c1-13-7-14(2)9-16(8-13)29-20-18(10-26-29)21(31)28(12-25-20)11-19(30)27-15-3-5-17(6-4-15)32-22(23)24/h3-10,12,22H,11H2,1-2H3,(H,27,30). The average molecular weight is 439 g/mol. The lowest BCUT2D eigenvalue weighted by Crippen LogP contribution is -2.27. The summed E-state index contributed by atoms with van der Waals surface area (Å²) >= 11 is 0. The summed E-state index contributed by atoms with van der Waals surface area (Å²) < 4.78 is 31.5. The fraction of sp³-hybridized carbons (Fsp3) is 0.182. The van der Waals surface area contributed by atoms with Gasteiger partial charge in [-0.3, -0.25) is 14.2 Å².